The number of benzene rings is 1. The van der Waals surface area contributed by atoms with Gasteiger partial charge in [0.2, 0.25) is 11.8 Å². The molecule has 1 aliphatic carbocycles. The van der Waals surface area contributed by atoms with E-state index in [1.54, 1.807) is 6.92 Å². The first kappa shape index (κ1) is 17.9. The van der Waals surface area contributed by atoms with E-state index >= 15 is 0 Å². The molecule has 2 fully saturated rings. The summed E-state index contributed by atoms with van der Waals surface area (Å²) in [4.78, 5) is 41.7. The number of rotatable bonds is 4. The number of hydrogen-bond acceptors (Lipinski definition) is 4. The average molecular weight is 368 g/mol. The smallest absolute Gasteiger partial charge is 0.237 e. The van der Waals surface area contributed by atoms with Crippen LogP contribution in [0.2, 0.25) is 0 Å². The summed E-state index contributed by atoms with van der Waals surface area (Å²) in [5.74, 6) is -0.161. The monoisotopic (exact) mass is 368 g/mol. The highest BCUT2D eigenvalue weighted by atomic mass is 16.2. The second kappa shape index (κ2) is 7.27. The molecule has 2 atom stereocenters. The largest absolute Gasteiger partial charge is 0.360 e. The molecule has 4 rings (SSSR count). The van der Waals surface area contributed by atoms with E-state index in [2.05, 4.69) is 4.90 Å². The number of quaternary nitrogens is 1. The minimum Gasteiger partial charge on any atom is -0.360 e. The van der Waals surface area contributed by atoms with Crippen molar-refractivity contribution < 1.29 is 19.3 Å². The van der Waals surface area contributed by atoms with Gasteiger partial charge in [0.15, 0.2) is 12.5 Å². The lowest BCUT2D eigenvalue weighted by atomic mass is 9.85. The van der Waals surface area contributed by atoms with Gasteiger partial charge in [-0.1, -0.05) is 12.2 Å². The predicted molar refractivity (Wildman–Crippen MR) is 101 cm³/mol. The van der Waals surface area contributed by atoms with Gasteiger partial charge in [0.25, 0.3) is 0 Å². The van der Waals surface area contributed by atoms with Crippen molar-refractivity contribution in [3.8, 4) is 0 Å². The minimum atomic E-state index is -0.136. The predicted octanol–water partition coefficient (Wildman–Crippen LogP) is 0.503. The summed E-state index contributed by atoms with van der Waals surface area (Å²) in [7, 11) is 0. The number of anilines is 1. The molecule has 2 saturated heterocycles. The minimum absolute atomic E-state index is 0.0177. The van der Waals surface area contributed by atoms with Gasteiger partial charge in [-0.2, -0.15) is 0 Å². The van der Waals surface area contributed by atoms with Gasteiger partial charge in [0.1, 0.15) is 0 Å². The number of allylic oxidation sites excluding steroid dienone is 2. The zero-order chi connectivity index (χ0) is 19.0. The molecule has 2 heterocycles. The van der Waals surface area contributed by atoms with Crippen molar-refractivity contribution in [3.63, 3.8) is 0 Å². The zero-order valence-electron chi connectivity index (χ0n) is 15.7. The molecule has 6 heteroatoms. The maximum absolute atomic E-state index is 12.6. The van der Waals surface area contributed by atoms with Gasteiger partial charge in [-0.25, -0.2) is 4.90 Å². The van der Waals surface area contributed by atoms with E-state index in [1.807, 2.05) is 36.4 Å². The molecule has 0 unspecified atom stereocenters. The lowest BCUT2D eigenvalue weighted by Gasteiger charge is -2.35. The maximum atomic E-state index is 12.6. The van der Waals surface area contributed by atoms with Crippen LogP contribution in [0.3, 0.4) is 0 Å². The number of fused-ring (bicyclic) bond motifs is 1. The zero-order valence-corrected chi connectivity index (χ0v) is 15.7. The van der Waals surface area contributed by atoms with Crippen LogP contribution in [-0.2, 0) is 9.59 Å². The molecule has 0 aromatic heterocycles. The van der Waals surface area contributed by atoms with Gasteiger partial charge in [-0.3, -0.25) is 14.4 Å². The molecule has 2 amide bonds. The van der Waals surface area contributed by atoms with Crippen LogP contribution in [0, 0.1) is 11.8 Å². The number of piperazine rings is 1. The van der Waals surface area contributed by atoms with Gasteiger partial charge in [0.05, 0.1) is 38.0 Å². The van der Waals surface area contributed by atoms with Gasteiger partial charge in [0, 0.05) is 11.3 Å². The summed E-state index contributed by atoms with van der Waals surface area (Å²) in [6.07, 6.45) is 5.45. The molecule has 0 bridgehead atoms. The van der Waals surface area contributed by atoms with Crippen LogP contribution < -0.4 is 9.80 Å². The van der Waals surface area contributed by atoms with E-state index in [4.69, 9.17) is 0 Å². The normalized spacial score (nSPS) is 25.8. The molecule has 1 N–H and O–H groups in total. The fraction of sp³-hybridized carbons (Fsp3) is 0.476. The Morgan fingerprint density at radius 2 is 1.56 bits per heavy atom. The lowest BCUT2D eigenvalue weighted by molar-refractivity contribution is -0.908. The van der Waals surface area contributed by atoms with Gasteiger partial charge < -0.3 is 9.80 Å². The van der Waals surface area contributed by atoms with Crippen molar-refractivity contribution in [2.45, 2.75) is 19.8 Å². The van der Waals surface area contributed by atoms with Crippen LogP contribution in [0.4, 0.5) is 5.69 Å². The van der Waals surface area contributed by atoms with Crippen LogP contribution in [0.1, 0.15) is 30.1 Å². The number of likely N-dealkylation sites (tertiary alicyclic amines) is 1. The fourth-order valence-electron chi connectivity index (χ4n) is 4.39. The Morgan fingerprint density at radius 3 is 2.07 bits per heavy atom. The Bertz CT molecular complexity index is 752. The fourth-order valence-corrected chi connectivity index (χ4v) is 4.39. The summed E-state index contributed by atoms with van der Waals surface area (Å²) >= 11 is 0. The van der Waals surface area contributed by atoms with E-state index in [9.17, 15) is 14.4 Å². The second-order valence-corrected chi connectivity index (χ2v) is 7.76. The molecule has 1 aromatic rings. The molecule has 142 valence electrons. The summed E-state index contributed by atoms with van der Waals surface area (Å²) in [5, 5.41) is 0. The first-order valence-corrected chi connectivity index (χ1v) is 9.74. The van der Waals surface area contributed by atoms with Crippen LogP contribution >= 0.6 is 0 Å². The van der Waals surface area contributed by atoms with E-state index in [0.717, 1.165) is 37.4 Å². The lowest BCUT2D eigenvalue weighted by Crippen LogP contribution is -3.16. The highest BCUT2D eigenvalue weighted by Crippen LogP contribution is 2.34. The van der Waals surface area contributed by atoms with Crippen molar-refractivity contribution in [1.29, 1.82) is 0 Å². The third-order valence-electron chi connectivity index (χ3n) is 6.09. The molecule has 6 nitrogen and oxygen atoms in total. The first-order chi connectivity index (χ1) is 13.0. The number of imide groups is 1. The third kappa shape index (κ3) is 3.41. The molecule has 2 aliphatic heterocycles. The van der Waals surface area contributed by atoms with E-state index in [1.165, 1.54) is 9.80 Å². The van der Waals surface area contributed by atoms with Crippen LogP contribution in [0.15, 0.2) is 36.4 Å². The summed E-state index contributed by atoms with van der Waals surface area (Å²) < 4.78 is 0. The molecule has 3 aliphatic rings. The molecule has 0 saturated carbocycles. The number of ketones is 1. The van der Waals surface area contributed by atoms with Gasteiger partial charge in [-0.15, -0.1) is 0 Å². The summed E-state index contributed by atoms with van der Waals surface area (Å²) in [6.45, 7) is 5.59. The van der Waals surface area contributed by atoms with Crippen molar-refractivity contribution in [2.24, 2.45) is 11.8 Å². The van der Waals surface area contributed by atoms with Crippen molar-refractivity contribution >= 4 is 23.3 Å². The number of Topliss-reactive ketones (excluding diaryl/α,β-unsaturated/α-hetero) is 1. The third-order valence-corrected chi connectivity index (χ3v) is 6.09. The number of hydrogen-bond donors (Lipinski definition) is 1. The first-order valence-electron chi connectivity index (χ1n) is 9.74. The number of carbonyl (C=O) groups excluding carboxylic acids is 3. The highest BCUT2D eigenvalue weighted by Gasteiger charge is 2.48. The van der Waals surface area contributed by atoms with Crippen LogP contribution in [-0.4, -0.2) is 55.3 Å². The number of carbonyl (C=O) groups is 3. The number of nitrogens with zero attached hydrogens (tertiary/aromatic N) is 2. The quantitative estimate of drug-likeness (QED) is 0.478. The molecule has 1 aromatic carbocycles. The van der Waals surface area contributed by atoms with Crippen molar-refractivity contribution in [1.82, 2.24) is 4.90 Å². The van der Waals surface area contributed by atoms with Crippen molar-refractivity contribution in [3.05, 3.63) is 42.0 Å². The standard InChI is InChI=1S/C21H25N3O3/c1-15(25)16-6-8-17(9-7-16)23-12-10-22(11-13-23)14-24-20(26)18-4-2-3-5-19(18)21(24)27/h2-3,6-9,18-19H,4-5,10-14H2,1H3/p+1/t18-,19-/m0/s1. The Balaban J connectivity index is 1.34. The van der Waals surface area contributed by atoms with E-state index < -0.39 is 0 Å². The molecular weight excluding hydrogens is 342 g/mol. The highest BCUT2D eigenvalue weighted by molar-refractivity contribution is 6.05. The summed E-state index contributed by atoms with van der Waals surface area (Å²) in [6, 6.07) is 7.72. The Kier molecular flexibility index (Phi) is 4.83. The summed E-state index contributed by atoms with van der Waals surface area (Å²) in [5.41, 5.74) is 1.84. The van der Waals surface area contributed by atoms with Gasteiger partial charge in [-0.05, 0) is 44.0 Å². The van der Waals surface area contributed by atoms with Gasteiger partial charge >= 0.3 is 0 Å². The van der Waals surface area contributed by atoms with Crippen molar-refractivity contribution in [2.75, 3.05) is 37.7 Å². The molecule has 0 spiro atoms. The topological polar surface area (TPSA) is 62.1 Å². The molecule has 0 radical (unpaired) electrons. The Labute approximate surface area is 159 Å². The van der Waals surface area contributed by atoms with Crippen LogP contribution in [0.5, 0.6) is 0 Å². The average Bonchev–Trinajstić information content (AvgIpc) is 2.94. The van der Waals surface area contributed by atoms with Crippen LogP contribution in [0.25, 0.3) is 0 Å². The van der Waals surface area contributed by atoms with E-state index in [-0.39, 0.29) is 29.4 Å². The number of nitrogens with one attached hydrogen (secondary N) is 1. The molecular formula is C21H26N3O3+. The molecule has 27 heavy (non-hydrogen) atoms. The Morgan fingerprint density at radius 1 is 1.00 bits per heavy atom. The number of amides is 2. The maximum Gasteiger partial charge on any atom is 0.237 e. The van der Waals surface area contributed by atoms with E-state index in [0.29, 0.717) is 19.5 Å². The SMILES string of the molecule is CC(=O)c1ccc(N2CC[NH+](CN3C(=O)[C@H]4CC=CC[C@@H]4C3=O)CC2)cc1. The Hall–Kier alpha value is -2.47. The second-order valence-electron chi connectivity index (χ2n) is 7.76.